The third-order valence-corrected chi connectivity index (χ3v) is 2.13. The summed E-state index contributed by atoms with van der Waals surface area (Å²) in [5.41, 5.74) is 0. The maximum absolute atomic E-state index is 5.56. The second-order valence-electron chi connectivity index (χ2n) is 2.28. The Morgan fingerprint density at radius 2 is 1.89 bits per heavy atom. The van der Waals surface area contributed by atoms with Crippen LogP contribution in [0.4, 0.5) is 0 Å². The summed E-state index contributed by atoms with van der Waals surface area (Å²) in [7, 11) is -1.26. The van der Waals surface area contributed by atoms with Crippen molar-refractivity contribution in [3.05, 3.63) is 0 Å². The highest BCUT2D eigenvalue weighted by Gasteiger charge is 2.05. The standard InChI is InChI=1S/C6H17NOSi/c1-4-6(5-2)8-9(3)7/h6,9H,4-5,7H2,1-3H3. The molecule has 0 spiro atoms. The van der Waals surface area contributed by atoms with Crippen LogP contribution in [0.15, 0.2) is 0 Å². The van der Waals surface area contributed by atoms with Crippen LogP contribution in [-0.4, -0.2) is 15.3 Å². The quantitative estimate of drug-likeness (QED) is 0.602. The van der Waals surface area contributed by atoms with Crippen molar-refractivity contribution in [3.63, 3.8) is 0 Å². The molecule has 0 bridgehead atoms. The zero-order valence-electron chi connectivity index (χ0n) is 6.55. The molecule has 56 valence electrons. The molecule has 0 aromatic carbocycles. The van der Waals surface area contributed by atoms with Crippen molar-refractivity contribution in [2.24, 2.45) is 5.40 Å². The summed E-state index contributed by atoms with van der Waals surface area (Å²) in [6, 6.07) is 0. The van der Waals surface area contributed by atoms with Gasteiger partial charge in [-0.05, 0) is 19.4 Å². The minimum atomic E-state index is -1.26. The largest absolute Gasteiger partial charge is 0.403 e. The summed E-state index contributed by atoms with van der Waals surface area (Å²) < 4.78 is 5.47. The van der Waals surface area contributed by atoms with Gasteiger partial charge in [-0.3, -0.25) is 0 Å². The van der Waals surface area contributed by atoms with Gasteiger partial charge in [0.05, 0.1) is 0 Å². The van der Waals surface area contributed by atoms with E-state index in [1.165, 1.54) is 0 Å². The molecule has 2 N–H and O–H groups in total. The number of rotatable bonds is 4. The predicted octanol–water partition coefficient (Wildman–Crippen LogP) is 1.00. The van der Waals surface area contributed by atoms with Crippen LogP contribution in [0.1, 0.15) is 26.7 Å². The van der Waals surface area contributed by atoms with Gasteiger partial charge in [-0.15, -0.1) is 0 Å². The molecule has 0 aliphatic carbocycles. The second kappa shape index (κ2) is 4.96. The molecule has 0 aliphatic heterocycles. The molecule has 1 atom stereocenters. The maximum Gasteiger partial charge on any atom is 0.246 e. The van der Waals surface area contributed by atoms with Crippen LogP contribution in [-0.2, 0) is 4.43 Å². The Bertz CT molecular complexity index is 64.1. The molecule has 0 saturated heterocycles. The van der Waals surface area contributed by atoms with Gasteiger partial charge in [0.1, 0.15) is 0 Å². The van der Waals surface area contributed by atoms with Crippen LogP contribution in [0, 0.1) is 0 Å². The summed E-state index contributed by atoms with van der Waals surface area (Å²) >= 11 is 0. The van der Waals surface area contributed by atoms with Gasteiger partial charge < -0.3 is 9.83 Å². The molecule has 0 heterocycles. The first kappa shape index (κ1) is 9.14. The molecular weight excluding hydrogens is 130 g/mol. The Morgan fingerprint density at radius 1 is 1.44 bits per heavy atom. The van der Waals surface area contributed by atoms with E-state index in [2.05, 4.69) is 13.8 Å². The van der Waals surface area contributed by atoms with Gasteiger partial charge in [-0.25, -0.2) is 0 Å². The molecule has 0 aromatic rings. The van der Waals surface area contributed by atoms with Crippen LogP contribution >= 0.6 is 0 Å². The Hall–Kier alpha value is 0.137. The molecule has 0 amide bonds. The number of hydrogen-bond donors (Lipinski definition) is 1. The van der Waals surface area contributed by atoms with Crippen molar-refractivity contribution in [2.45, 2.75) is 39.3 Å². The Kier molecular flexibility index (Phi) is 5.04. The topological polar surface area (TPSA) is 35.2 Å². The zero-order chi connectivity index (χ0) is 7.28. The van der Waals surface area contributed by atoms with Gasteiger partial charge in [-0.1, -0.05) is 13.8 Å². The first-order valence-corrected chi connectivity index (χ1v) is 5.91. The second-order valence-corrected chi connectivity index (χ2v) is 3.96. The Morgan fingerprint density at radius 3 is 2.00 bits per heavy atom. The van der Waals surface area contributed by atoms with E-state index < -0.39 is 9.20 Å². The lowest BCUT2D eigenvalue weighted by molar-refractivity contribution is 0.193. The van der Waals surface area contributed by atoms with Crippen LogP contribution in [0.2, 0.25) is 6.55 Å². The summed E-state index contributed by atoms with van der Waals surface area (Å²) in [4.78, 5) is 0. The summed E-state index contributed by atoms with van der Waals surface area (Å²) in [5, 5.41) is 5.56. The summed E-state index contributed by atoms with van der Waals surface area (Å²) in [5.74, 6) is 0. The van der Waals surface area contributed by atoms with Gasteiger partial charge in [-0.2, -0.15) is 0 Å². The van der Waals surface area contributed by atoms with E-state index in [1.54, 1.807) is 0 Å². The first-order valence-electron chi connectivity index (χ1n) is 3.61. The lowest BCUT2D eigenvalue weighted by atomic mass is 10.2. The highest BCUT2D eigenvalue weighted by Crippen LogP contribution is 2.01. The Balaban J connectivity index is 3.31. The van der Waals surface area contributed by atoms with Gasteiger partial charge >= 0.3 is 0 Å². The lowest BCUT2D eigenvalue weighted by Gasteiger charge is -2.15. The van der Waals surface area contributed by atoms with E-state index in [0.717, 1.165) is 12.8 Å². The number of nitrogens with two attached hydrogens (primary N) is 1. The van der Waals surface area contributed by atoms with Gasteiger partial charge in [0.2, 0.25) is 9.20 Å². The molecule has 0 rings (SSSR count). The van der Waals surface area contributed by atoms with Crippen molar-refractivity contribution in [1.29, 1.82) is 0 Å². The average molecular weight is 147 g/mol. The van der Waals surface area contributed by atoms with Gasteiger partial charge in [0.15, 0.2) is 0 Å². The van der Waals surface area contributed by atoms with Crippen molar-refractivity contribution < 1.29 is 4.43 Å². The lowest BCUT2D eigenvalue weighted by Crippen LogP contribution is -2.30. The van der Waals surface area contributed by atoms with E-state index in [4.69, 9.17) is 9.83 Å². The molecular formula is C6H17NOSi. The van der Waals surface area contributed by atoms with Crippen molar-refractivity contribution in [2.75, 3.05) is 0 Å². The molecule has 0 aliphatic rings. The zero-order valence-corrected chi connectivity index (χ0v) is 7.71. The normalized spacial score (nSPS) is 14.3. The molecule has 2 nitrogen and oxygen atoms in total. The molecule has 0 fully saturated rings. The molecule has 0 saturated carbocycles. The minimum absolute atomic E-state index is 0.414. The highest BCUT2D eigenvalue weighted by molar-refractivity contribution is 6.46. The fourth-order valence-electron chi connectivity index (χ4n) is 0.785. The highest BCUT2D eigenvalue weighted by atomic mass is 28.3. The number of hydrogen-bond acceptors (Lipinski definition) is 2. The Labute approximate surface area is 59.2 Å². The predicted molar refractivity (Wildman–Crippen MR) is 42.7 cm³/mol. The molecule has 9 heavy (non-hydrogen) atoms. The molecule has 3 heteroatoms. The van der Waals surface area contributed by atoms with Crippen LogP contribution in [0.5, 0.6) is 0 Å². The van der Waals surface area contributed by atoms with Crippen molar-refractivity contribution in [3.8, 4) is 0 Å². The van der Waals surface area contributed by atoms with Gasteiger partial charge in [0, 0.05) is 6.10 Å². The third kappa shape index (κ3) is 4.63. The van der Waals surface area contributed by atoms with E-state index in [9.17, 15) is 0 Å². The van der Waals surface area contributed by atoms with E-state index >= 15 is 0 Å². The monoisotopic (exact) mass is 147 g/mol. The SMILES string of the molecule is CCC(CC)O[SiH](C)N. The molecule has 1 unspecified atom stereocenters. The molecule has 0 radical (unpaired) electrons. The van der Waals surface area contributed by atoms with E-state index in [1.807, 2.05) is 6.55 Å². The van der Waals surface area contributed by atoms with Crippen LogP contribution < -0.4 is 5.40 Å². The summed E-state index contributed by atoms with van der Waals surface area (Å²) in [6.07, 6.45) is 2.59. The average Bonchev–Trinajstić information content (AvgIpc) is 1.82. The van der Waals surface area contributed by atoms with Crippen LogP contribution in [0.3, 0.4) is 0 Å². The first-order chi connectivity index (χ1) is 4.20. The maximum atomic E-state index is 5.56. The van der Waals surface area contributed by atoms with Crippen molar-refractivity contribution >= 4 is 9.20 Å². The third-order valence-electron chi connectivity index (χ3n) is 1.32. The van der Waals surface area contributed by atoms with Crippen molar-refractivity contribution in [1.82, 2.24) is 0 Å². The summed E-state index contributed by atoms with van der Waals surface area (Å²) in [6.45, 7) is 6.26. The smallest absolute Gasteiger partial charge is 0.246 e. The van der Waals surface area contributed by atoms with Gasteiger partial charge in [0.25, 0.3) is 0 Å². The fraction of sp³-hybridized carbons (Fsp3) is 1.00. The fourth-order valence-corrected chi connectivity index (χ4v) is 1.78. The van der Waals surface area contributed by atoms with E-state index in [-0.39, 0.29) is 0 Å². The molecule has 0 aromatic heterocycles. The van der Waals surface area contributed by atoms with Crippen LogP contribution in [0.25, 0.3) is 0 Å². The van der Waals surface area contributed by atoms with E-state index in [0.29, 0.717) is 6.10 Å². The minimum Gasteiger partial charge on any atom is -0.403 e.